The number of aromatic nitrogens is 2. The number of rotatable bonds is 2. The second kappa shape index (κ2) is 4.97. The normalized spacial score (nSPS) is 18.6. The van der Waals surface area contributed by atoms with Crippen LogP contribution in [0.2, 0.25) is 0 Å². The van der Waals surface area contributed by atoms with Crippen LogP contribution in [0.3, 0.4) is 0 Å². The van der Waals surface area contributed by atoms with Gasteiger partial charge in [0.15, 0.2) is 5.82 Å². The molecule has 0 fully saturated rings. The molecule has 7 heteroatoms. The highest BCUT2D eigenvalue weighted by atomic mass is 79.9. The van der Waals surface area contributed by atoms with E-state index in [9.17, 15) is 0 Å². The van der Waals surface area contributed by atoms with E-state index in [-0.39, 0.29) is 10.9 Å². The van der Waals surface area contributed by atoms with Gasteiger partial charge in [-0.1, -0.05) is 31.9 Å². The van der Waals surface area contributed by atoms with Crippen molar-refractivity contribution in [2.24, 2.45) is 0 Å². The molecule has 5 nitrogen and oxygen atoms in total. The lowest BCUT2D eigenvalue weighted by molar-refractivity contribution is 0.658. The van der Waals surface area contributed by atoms with E-state index in [1.54, 1.807) is 0 Å². The first-order valence-electron chi connectivity index (χ1n) is 5.47. The molecule has 2 heterocycles. The van der Waals surface area contributed by atoms with Crippen molar-refractivity contribution in [1.82, 2.24) is 9.97 Å². The van der Waals surface area contributed by atoms with Crippen molar-refractivity contribution in [3.8, 4) is 0 Å². The maximum Gasteiger partial charge on any atom is 0.222 e. The molecule has 1 aromatic rings. The van der Waals surface area contributed by atoms with Gasteiger partial charge in [0.25, 0.3) is 0 Å². The number of fused-ring (bicyclic) bond motifs is 1. The Morgan fingerprint density at radius 2 is 2.00 bits per heavy atom. The van der Waals surface area contributed by atoms with Crippen LogP contribution in [0.4, 0.5) is 17.5 Å². The van der Waals surface area contributed by atoms with Crippen molar-refractivity contribution < 1.29 is 0 Å². The quantitative estimate of drug-likeness (QED) is 0.618. The topological polar surface area (TPSA) is 81.1 Å². The average molecular weight is 365 g/mol. The molecule has 1 aliphatic heterocycles. The van der Waals surface area contributed by atoms with Gasteiger partial charge >= 0.3 is 0 Å². The van der Waals surface area contributed by atoms with E-state index >= 15 is 0 Å². The van der Waals surface area contributed by atoms with E-state index in [1.807, 2.05) is 0 Å². The SMILES string of the molecule is CC(Br)C(Br)N1CCCc2nc(N)nc(N)c21. The van der Waals surface area contributed by atoms with Crippen molar-refractivity contribution >= 4 is 49.3 Å². The van der Waals surface area contributed by atoms with Crippen LogP contribution in [0.1, 0.15) is 19.0 Å². The maximum atomic E-state index is 5.96. The fraction of sp³-hybridized carbons (Fsp3) is 0.600. The lowest BCUT2D eigenvalue weighted by Gasteiger charge is -2.36. The second-order valence-electron chi connectivity index (χ2n) is 4.11. The number of aryl methyl sites for hydroxylation is 1. The zero-order valence-corrected chi connectivity index (χ0v) is 12.7. The molecule has 0 bridgehead atoms. The molecule has 0 saturated heterocycles. The first kappa shape index (κ1) is 12.9. The van der Waals surface area contributed by atoms with Crippen LogP contribution in [0, 0.1) is 0 Å². The van der Waals surface area contributed by atoms with Crippen LogP contribution >= 0.6 is 31.9 Å². The number of hydrogen-bond acceptors (Lipinski definition) is 5. The van der Waals surface area contributed by atoms with Crippen molar-refractivity contribution in [2.45, 2.75) is 29.5 Å². The average Bonchev–Trinajstić information content (AvgIpc) is 2.26. The van der Waals surface area contributed by atoms with E-state index in [4.69, 9.17) is 11.5 Å². The number of halogens is 2. The van der Waals surface area contributed by atoms with Crippen LogP contribution in [-0.4, -0.2) is 26.3 Å². The molecular weight excluding hydrogens is 350 g/mol. The van der Waals surface area contributed by atoms with E-state index in [0.717, 1.165) is 30.8 Å². The molecule has 2 atom stereocenters. The largest absolute Gasteiger partial charge is 0.382 e. The molecule has 0 amide bonds. The summed E-state index contributed by atoms with van der Waals surface area (Å²) in [6.07, 6.45) is 1.95. The molecule has 0 aliphatic carbocycles. The Labute approximate surface area is 117 Å². The van der Waals surface area contributed by atoms with E-state index < -0.39 is 0 Å². The number of nitrogens with zero attached hydrogens (tertiary/aromatic N) is 3. The molecule has 17 heavy (non-hydrogen) atoms. The minimum absolute atomic E-state index is 0.163. The number of alkyl halides is 2. The van der Waals surface area contributed by atoms with E-state index in [0.29, 0.717) is 10.6 Å². The molecule has 0 saturated carbocycles. The molecule has 0 spiro atoms. The summed E-state index contributed by atoms with van der Waals surface area (Å²) >= 11 is 7.23. The highest BCUT2D eigenvalue weighted by molar-refractivity contribution is 9.12. The van der Waals surface area contributed by atoms with E-state index in [2.05, 4.69) is 53.7 Å². The summed E-state index contributed by atoms with van der Waals surface area (Å²) in [5.74, 6) is 0.714. The van der Waals surface area contributed by atoms with Crippen LogP contribution in [0.25, 0.3) is 0 Å². The summed E-state index contributed by atoms with van der Waals surface area (Å²) in [5.41, 5.74) is 13.4. The van der Waals surface area contributed by atoms with Gasteiger partial charge in [-0.15, -0.1) is 0 Å². The van der Waals surface area contributed by atoms with Gasteiger partial charge in [0.1, 0.15) is 5.69 Å². The molecule has 1 aromatic heterocycles. The minimum Gasteiger partial charge on any atom is -0.382 e. The number of nitrogens with two attached hydrogens (primary N) is 2. The van der Waals surface area contributed by atoms with E-state index in [1.165, 1.54) is 0 Å². The molecule has 4 N–H and O–H groups in total. The van der Waals surface area contributed by atoms with Gasteiger partial charge in [0.05, 0.1) is 10.6 Å². The Morgan fingerprint density at radius 1 is 1.29 bits per heavy atom. The maximum absolute atomic E-state index is 5.96. The molecule has 2 rings (SSSR count). The highest BCUT2D eigenvalue weighted by Crippen LogP contribution is 2.35. The Hall–Kier alpha value is -0.560. The fourth-order valence-electron chi connectivity index (χ4n) is 2.05. The third-order valence-corrected chi connectivity index (χ3v) is 5.27. The first-order chi connectivity index (χ1) is 8.00. The Kier molecular flexibility index (Phi) is 3.77. The zero-order chi connectivity index (χ0) is 12.6. The summed E-state index contributed by atoms with van der Waals surface area (Å²) in [5, 5.41) is 0. The van der Waals surface area contributed by atoms with Crippen LogP contribution in [0.5, 0.6) is 0 Å². The Balaban J connectivity index is 2.43. The summed E-state index contributed by atoms with van der Waals surface area (Å²) in [6.45, 7) is 3.03. The van der Waals surface area contributed by atoms with Gasteiger partial charge in [0.2, 0.25) is 5.95 Å². The van der Waals surface area contributed by atoms with Crippen molar-refractivity contribution in [3.05, 3.63) is 5.69 Å². The minimum atomic E-state index is 0.163. The predicted octanol–water partition coefficient (Wildman–Crippen LogP) is 1.90. The van der Waals surface area contributed by atoms with Gasteiger partial charge in [-0.25, -0.2) is 4.98 Å². The highest BCUT2D eigenvalue weighted by Gasteiger charge is 2.28. The monoisotopic (exact) mass is 363 g/mol. The standard InChI is InChI=1S/C10H15Br2N5/c1-5(11)8(12)17-4-2-3-6-7(17)9(13)16-10(14)15-6/h5,8H,2-4H2,1H3,(H4,13,14,15,16). The Morgan fingerprint density at radius 3 is 2.65 bits per heavy atom. The number of nitrogen functional groups attached to an aromatic ring is 2. The Bertz CT molecular complexity index is 423. The van der Waals surface area contributed by atoms with Crippen molar-refractivity contribution in [3.63, 3.8) is 0 Å². The summed E-state index contributed by atoms with van der Waals surface area (Å²) in [7, 11) is 0. The second-order valence-corrected chi connectivity index (χ2v) is 6.49. The lowest BCUT2D eigenvalue weighted by Crippen LogP contribution is -2.40. The summed E-state index contributed by atoms with van der Waals surface area (Å²) < 4.78 is 0. The molecule has 0 radical (unpaired) electrons. The molecule has 94 valence electrons. The van der Waals surface area contributed by atoms with Gasteiger partial charge in [-0.05, 0) is 19.8 Å². The number of hydrogen-bond donors (Lipinski definition) is 2. The van der Waals surface area contributed by atoms with Crippen LogP contribution in [0.15, 0.2) is 0 Å². The third kappa shape index (κ3) is 2.49. The van der Waals surface area contributed by atoms with Crippen LogP contribution < -0.4 is 16.4 Å². The van der Waals surface area contributed by atoms with Crippen molar-refractivity contribution in [2.75, 3.05) is 22.9 Å². The fourth-order valence-corrected chi connectivity index (χ4v) is 2.75. The first-order valence-corrected chi connectivity index (χ1v) is 7.30. The molecule has 0 aromatic carbocycles. The smallest absolute Gasteiger partial charge is 0.222 e. The number of anilines is 3. The third-order valence-electron chi connectivity index (χ3n) is 2.78. The van der Waals surface area contributed by atoms with Gasteiger partial charge in [-0.2, -0.15) is 4.98 Å². The van der Waals surface area contributed by atoms with Crippen LogP contribution in [-0.2, 0) is 6.42 Å². The molecular formula is C10H15Br2N5. The summed E-state index contributed by atoms with van der Waals surface area (Å²) in [6, 6.07) is 0. The van der Waals surface area contributed by atoms with Gasteiger partial charge in [-0.3, -0.25) is 0 Å². The molecule has 2 unspecified atom stereocenters. The van der Waals surface area contributed by atoms with Gasteiger partial charge in [0, 0.05) is 11.4 Å². The zero-order valence-electron chi connectivity index (χ0n) is 9.53. The summed E-state index contributed by atoms with van der Waals surface area (Å²) in [4.78, 5) is 11.0. The predicted molar refractivity (Wildman–Crippen MR) is 77.6 cm³/mol. The molecule has 1 aliphatic rings. The van der Waals surface area contributed by atoms with Gasteiger partial charge < -0.3 is 16.4 Å². The van der Waals surface area contributed by atoms with Crippen molar-refractivity contribution in [1.29, 1.82) is 0 Å². The lowest BCUT2D eigenvalue weighted by atomic mass is 10.1.